The Balaban J connectivity index is 0.00000380. The number of rotatable bonds is 6. The molecule has 37 heavy (non-hydrogen) atoms. The molecule has 0 spiro atoms. The van der Waals surface area contributed by atoms with Gasteiger partial charge in [-0.15, -0.1) is 11.8 Å². The maximum Gasteiger partial charge on any atom is 1.00 e. The summed E-state index contributed by atoms with van der Waals surface area (Å²) in [6.45, 7) is 4.36. The van der Waals surface area contributed by atoms with Crippen molar-refractivity contribution in [3.63, 3.8) is 0 Å². The zero-order valence-electron chi connectivity index (χ0n) is 20.6. The van der Waals surface area contributed by atoms with E-state index >= 15 is 0 Å². The molecular formula is C19H23N6NaO9S2. The molecule has 18 heteroatoms. The van der Waals surface area contributed by atoms with Crippen LogP contribution in [0.3, 0.4) is 0 Å². The fraction of sp³-hybridized carbons (Fsp3) is 0.579. The molecule has 1 aromatic heterocycles. The van der Waals surface area contributed by atoms with E-state index in [1.165, 1.54) is 17.8 Å². The average molecular weight is 567 g/mol. The minimum Gasteiger partial charge on any atom is -0.548 e. The Hall–Kier alpha value is -2.34. The van der Waals surface area contributed by atoms with Crippen LogP contribution in [-0.2, 0) is 24.4 Å². The number of aliphatic carboxylic acids is 1. The van der Waals surface area contributed by atoms with Crippen molar-refractivity contribution in [2.45, 2.75) is 49.0 Å². The van der Waals surface area contributed by atoms with E-state index in [1.807, 2.05) is 0 Å². The van der Waals surface area contributed by atoms with Crippen molar-refractivity contribution in [3.8, 4) is 0 Å². The molecule has 0 saturated carbocycles. The predicted molar refractivity (Wildman–Crippen MR) is 119 cm³/mol. The molecule has 2 unspecified atom stereocenters. The third-order valence-electron chi connectivity index (χ3n) is 6.05. The standard InChI is InChI=1S/C19H24N6O9S2.Na/c1-8-7-9(22-34-8)10(21-17(30)23-5-6-24(18(23)31)36(4,32)33)13(26)20-11-14(27)25-12(16(28)29)19(2,3)35-15(11)25;/h7,10-12,15H,5-6H2,1-4H3,(H,20,26)(H,21,30)(H,28,29);/q;+1/p-1/t10?,11?,12-,15+;/m0./s1. The second-order valence-corrected chi connectivity index (χ2v) is 12.8. The molecule has 0 bridgehead atoms. The minimum absolute atomic E-state index is 0. The molecule has 3 aliphatic heterocycles. The summed E-state index contributed by atoms with van der Waals surface area (Å²) in [7, 11) is -3.89. The normalized spacial score (nSPS) is 25.2. The minimum atomic E-state index is -3.89. The van der Waals surface area contributed by atoms with E-state index in [4.69, 9.17) is 4.52 Å². The van der Waals surface area contributed by atoms with Crippen molar-refractivity contribution in [2.24, 2.45) is 0 Å². The largest absolute Gasteiger partial charge is 1.00 e. The van der Waals surface area contributed by atoms with Crippen LogP contribution < -0.4 is 45.3 Å². The van der Waals surface area contributed by atoms with Crippen LogP contribution in [0, 0.1) is 6.92 Å². The Kier molecular flexibility index (Phi) is 7.97. The first kappa shape index (κ1) is 29.2. The van der Waals surface area contributed by atoms with Crippen LogP contribution in [0.1, 0.15) is 31.3 Å². The van der Waals surface area contributed by atoms with Gasteiger partial charge < -0.3 is 30.0 Å². The smallest absolute Gasteiger partial charge is 0.548 e. The number of hydrogen-bond acceptors (Lipinski definition) is 11. The molecule has 4 rings (SSSR count). The summed E-state index contributed by atoms with van der Waals surface area (Å²) in [4.78, 5) is 64.5. The number of carbonyl (C=O) groups excluding carboxylic acids is 5. The molecule has 4 heterocycles. The molecule has 0 aromatic carbocycles. The number of urea groups is 2. The van der Waals surface area contributed by atoms with E-state index in [2.05, 4.69) is 15.8 Å². The molecule has 1 aromatic rings. The van der Waals surface area contributed by atoms with Crippen LogP contribution >= 0.6 is 11.8 Å². The maximum absolute atomic E-state index is 13.2. The number of amides is 6. The fourth-order valence-electron chi connectivity index (χ4n) is 4.37. The number of sulfonamides is 1. The summed E-state index contributed by atoms with van der Waals surface area (Å²) in [6.07, 6.45) is 0.826. The van der Waals surface area contributed by atoms with Crippen LogP contribution in [0.25, 0.3) is 0 Å². The van der Waals surface area contributed by atoms with Crippen molar-refractivity contribution in [3.05, 3.63) is 17.5 Å². The number of aromatic nitrogens is 1. The fourth-order valence-corrected chi connectivity index (χ4v) is 6.79. The number of hydrogen-bond donors (Lipinski definition) is 2. The van der Waals surface area contributed by atoms with Gasteiger partial charge in [0, 0.05) is 10.8 Å². The van der Waals surface area contributed by atoms with Gasteiger partial charge >= 0.3 is 41.6 Å². The molecule has 3 saturated heterocycles. The molecular weight excluding hydrogens is 543 g/mol. The van der Waals surface area contributed by atoms with E-state index in [0.717, 1.165) is 11.2 Å². The number of nitrogens with one attached hydrogen (secondary N) is 2. The van der Waals surface area contributed by atoms with Gasteiger partial charge in [-0.1, -0.05) is 5.16 Å². The summed E-state index contributed by atoms with van der Waals surface area (Å²) in [5.41, 5.74) is -0.0272. The third-order valence-corrected chi connectivity index (χ3v) is 8.76. The van der Waals surface area contributed by atoms with E-state index in [9.17, 15) is 37.5 Å². The molecule has 3 aliphatic rings. The second kappa shape index (κ2) is 10.1. The van der Waals surface area contributed by atoms with E-state index < -0.39 is 68.1 Å². The molecule has 0 radical (unpaired) electrons. The van der Waals surface area contributed by atoms with Gasteiger partial charge in [0.25, 0.3) is 0 Å². The van der Waals surface area contributed by atoms with Gasteiger partial charge in [-0.05, 0) is 20.8 Å². The number of imide groups is 1. The van der Waals surface area contributed by atoms with Gasteiger partial charge in [-0.2, -0.15) is 0 Å². The zero-order chi connectivity index (χ0) is 26.7. The van der Waals surface area contributed by atoms with Crippen molar-refractivity contribution < 1.29 is 71.6 Å². The predicted octanol–water partition coefficient (Wildman–Crippen LogP) is -5.27. The van der Waals surface area contributed by atoms with Crippen LogP contribution in [0.2, 0.25) is 0 Å². The Morgan fingerprint density at radius 2 is 1.92 bits per heavy atom. The van der Waals surface area contributed by atoms with Gasteiger partial charge in [-0.3, -0.25) is 9.59 Å². The first-order chi connectivity index (χ1) is 16.6. The van der Waals surface area contributed by atoms with Gasteiger partial charge in [0.1, 0.15) is 22.9 Å². The molecule has 3 fully saturated rings. The van der Waals surface area contributed by atoms with E-state index in [0.29, 0.717) is 15.0 Å². The number of aryl methyl sites for hydroxylation is 1. The van der Waals surface area contributed by atoms with Crippen molar-refractivity contribution >= 4 is 51.6 Å². The summed E-state index contributed by atoms with van der Waals surface area (Å²) in [5.74, 6) is -2.58. The van der Waals surface area contributed by atoms with Crippen LogP contribution in [-0.4, -0.2) is 99.1 Å². The Morgan fingerprint density at radius 1 is 1.27 bits per heavy atom. The number of carbonyl (C=O) groups is 5. The van der Waals surface area contributed by atoms with E-state index in [1.54, 1.807) is 20.8 Å². The van der Waals surface area contributed by atoms with Crippen LogP contribution in [0.4, 0.5) is 9.59 Å². The SMILES string of the molecule is Cc1cc(C(NC(=O)N2CCN(S(C)(=O)=O)C2=O)C(=O)NC2C(=O)N3[C@@H]2SC(C)(C)[C@@H]3C(=O)[O-])no1.[Na+]. The molecule has 15 nitrogen and oxygen atoms in total. The van der Waals surface area contributed by atoms with Gasteiger partial charge in [0.15, 0.2) is 6.04 Å². The topological polar surface area (TPSA) is 202 Å². The quantitative estimate of drug-likeness (QED) is 0.246. The summed E-state index contributed by atoms with van der Waals surface area (Å²) in [5, 5.41) is 19.5. The third kappa shape index (κ3) is 5.19. The van der Waals surface area contributed by atoms with Gasteiger partial charge in [0.2, 0.25) is 21.8 Å². The number of carboxylic acid groups (broad SMARTS) is 1. The number of thioether (sulfide) groups is 1. The first-order valence-corrected chi connectivity index (χ1v) is 13.4. The monoisotopic (exact) mass is 566 g/mol. The molecule has 196 valence electrons. The second-order valence-electron chi connectivity index (χ2n) is 9.08. The molecule has 4 atom stereocenters. The van der Waals surface area contributed by atoms with Crippen molar-refractivity contribution in [2.75, 3.05) is 19.3 Å². The van der Waals surface area contributed by atoms with Gasteiger partial charge in [-0.25, -0.2) is 27.2 Å². The summed E-state index contributed by atoms with van der Waals surface area (Å²) < 4.78 is 28.1. The van der Waals surface area contributed by atoms with Crippen LogP contribution in [0.5, 0.6) is 0 Å². The average Bonchev–Trinajstić information content (AvgIpc) is 3.43. The molecule has 2 N–H and O–H groups in total. The van der Waals surface area contributed by atoms with Gasteiger partial charge in [0.05, 0.1) is 31.4 Å². The Bertz CT molecular complexity index is 1270. The Morgan fingerprint density at radius 3 is 2.43 bits per heavy atom. The summed E-state index contributed by atoms with van der Waals surface area (Å²) in [6, 6.07) is -4.52. The van der Waals surface area contributed by atoms with E-state index in [-0.39, 0.29) is 48.3 Å². The molecule has 0 aliphatic carbocycles. The number of fused-ring (bicyclic) bond motifs is 1. The first-order valence-electron chi connectivity index (χ1n) is 10.7. The van der Waals surface area contributed by atoms with Crippen LogP contribution in [0.15, 0.2) is 10.6 Å². The number of carboxylic acids is 1. The van der Waals surface area contributed by atoms with Crippen molar-refractivity contribution in [1.82, 2.24) is 29.9 Å². The van der Waals surface area contributed by atoms with Crippen molar-refractivity contribution in [1.29, 1.82) is 0 Å². The number of β-lactam (4-membered cyclic amide) rings is 1. The number of nitrogens with zero attached hydrogens (tertiary/aromatic N) is 4. The maximum atomic E-state index is 13.2. The zero-order valence-corrected chi connectivity index (χ0v) is 24.2. The molecule has 6 amide bonds. The summed E-state index contributed by atoms with van der Waals surface area (Å²) >= 11 is 1.19. The Labute approximate surface area is 237 Å².